The third-order valence-corrected chi connectivity index (χ3v) is 14.1. The maximum atomic E-state index is 12.9. The number of nitrogens with two attached hydrogens (primary N) is 1. The molecule has 11 atom stereocenters. The van der Waals surface area contributed by atoms with E-state index in [1.165, 1.54) is 18.4 Å². The molecule has 5 saturated carbocycles. The summed E-state index contributed by atoms with van der Waals surface area (Å²) in [7, 11) is 0. The van der Waals surface area contributed by atoms with Crippen LogP contribution in [-0.4, -0.2) is 29.2 Å². The van der Waals surface area contributed by atoms with E-state index in [-0.39, 0.29) is 39.7 Å². The summed E-state index contributed by atoms with van der Waals surface area (Å²) in [6, 6.07) is -0.591. The van der Waals surface area contributed by atoms with Crippen molar-refractivity contribution in [3.63, 3.8) is 0 Å². The van der Waals surface area contributed by atoms with E-state index in [0.29, 0.717) is 23.7 Å². The highest BCUT2D eigenvalue weighted by atomic mass is 16.5. The molecule has 0 aromatic rings. The van der Waals surface area contributed by atoms with Gasteiger partial charge in [-0.25, -0.2) is 0 Å². The Balaban J connectivity index is 1.49. The highest BCUT2D eigenvalue weighted by Crippen LogP contribution is 2.77. The van der Waals surface area contributed by atoms with Gasteiger partial charge in [-0.1, -0.05) is 46.8 Å². The summed E-state index contributed by atoms with van der Waals surface area (Å²) >= 11 is 0. The maximum absolute atomic E-state index is 12.9. The normalized spacial score (nSPS) is 50.0. The summed E-state index contributed by atoms with van der Waals surface area (Å²) in [5.41, 5.74) is 6.88. The summed E-state index contributed by atoms with van der Waals surface area (Å²) in [6.45, 7) is 20.5. The second-order valence-corrected chi connectivity index (χ2v) is 15.7. The molecule has 5 fully saturated rings. The second-order valence-electron chi connectivity index (χ2n) is 15.7. The molecule has 5 aliphatic rings. The lowest BCUT2D eigenvalue weighted by molar-refractivity contribution is -0.250. The van der Waals surface area contributed by atoms with Gasteiger partial charge in [0.2, 0.25) is 0 Å². The van der Waals surface area contributed by atoms with Crippen LogP contribution in [0.5, 0.6) is 0 Å². The van der Waals surface area contributed by atoms with Gasteiger partial charge in [-0.2, -0.15) is 0 Å². The van der Waals surface area contributed by atoms with Crippen LogP contribution in [0.15, 0.2) is 12.2 Å². The monoisotopic (exact) mass is 527 g/mol. The molecule has 5 nitrogen and oxygen atoms in total. The third kappa shape index (κ3) is 3.51. The topological polar surface area (TPSA) is 89.6 Å². The lowest BCUT2D eigenvalue weighted by Crippen LogP contribution is -2.67. The number of esters is 1. The molecule has 0 unspecified atom stereocenters. The van der Waals surface area contributed by atoms with Crippen LogP contribution in [0.1, 0.15) is 113 Å². The fourth-order valence-corrected chi connectivity index (χ4v) is 11.9. The summed E-state index contributed by atoms with van der Waals surface area (Å²) in [5, 5.41) is 10.6. The molecule has 0 bridgehead atoms. The van der Waals surface area contributed by atoms with Crippen LogP contribution in [-0.2, 0) is 14.3 Å². The van der Waals surface area contributed by atoms with Crippen molar-refractivity contribution in [3.8, 4) is 0 Å². The Labute approximate surface area is 230 Å². The molecular formula is C33H53NO4. The first-order valence-electron chi connectivity index (χ1n) is 15.4. The zero-order chi connectivity index (χ0) is 28.1. The number of carbonyl (C=O) groups is 2. The number of aliphatic carboxylic acids is 1. The minimum Gasteiger partial charge on any atom is -0.481 e. The summed E-state index contributed by atoms with van der Waals surface area (Å²) in [4.78, 5) is 25.3. The Kier molecular flexibility index (Phi) is 6.54. The Hall–Kier alpha value is -1.36. The first kappa shape index (κ1) is 28.2. The van der Waals surface area contributed by atoms with E-state index >= 15 is 0 Å². The van der Waals surface area contributed by atoms with Crippen LogP contribution in [0.25, 0.3) is 0 Å². The van der Waals surface area contributed by atoms with Crippen molar-refractivity contribution in [3.05, 3.63) is 12.2 Å². The van der Waals surface area contributed by atoms with Crippen molar-refractivity contribution in [2.75, 3.05) is 0 Å². The number of carboxylic acids is 1. The van der Waals surface area contributed by atoms with E-state index in [9.17, 15) is 14.7 Å². The molecular weight excluding hydrogens is 474 g/mol. The molecule has 0 aliphatic heterocycles. The van der Waals surface area contributed by atoms with Crippen molar-refractivity contribution in [1.82, 2.24) is 0 Å². The zero-order valence-electron chi connectivity index (χ0n) is 25.1. The van der Waals surface area contributed by atoms with Gasteiger partial charge in [0.15, 0.2) is 0 Å². The molecule has 0 aromatic carbocycles. The lowest BCUT2D eigenvalue weighted by atomic mass is 9.32. The number of carboxylic acid groups (broad SMARTS) is 1. The van der Waals surface area contributed by atoms with Gasteiger partial charge < -0.3 is 15.6 Å². The number of allylic oxidation sites excluding steroid dienone is 1. The van der Waals surface area contributed by atoms with E-state index in [2.05, 4.69) is 48.1 Å². The molecule has 5 aliphatic carbocycles. The molecule has 3 N–H and O–H groups in total. The van der Waals surface area contributed by atoms with Crippen molar-refractivity contribution >= 4 is 11.9 Å². The fraction of sp³-hybridized carbons (Fsp3) is 0.879. The van der Waals surface area contributed by atoms with Gasteiger partial charge in [-0.3, -0.25) is 9.59 Å². The number of ether oxygens (including phenoxy) is 1. The van der Waals surface area contributed by atoms with Gasteiger partial charge in [-0.15, -0.1) is 0 Å². The van der Waals surface area contributed by atoms with Crippen molar-refractivity contribution in [2.45, 2.75) is 125 Å². The van der Waals surface area contributed by atoms with E-state index < -0.39 is 17.4 Å². The van der Waals surface area contributed by atoms with Crippen molar-refractivity contribution in [1.29, 1.82) is 0 Å². The van der Waals surface area contributed by atoms with Crippen molar-refractivity contribution in [2.24, 2.45) is 62.4 Å². The molecule has 0 spiro atoms. The van der Waals surface area contributed by atoms with Crippen LogP contribution < -0.4 is 5.73 Å². The molecule has 5 heteroatoms. The van der Waals surface area contributed by atoms with Crippen LogP contribution in [0, 0.1) is 56.7 Å². The van der Waals surface area contributed by atoms with E-state index in [1.807, 2.05) is 0 Å². The lowest BCUT2D eigenvalue weighted by Gasteiger charge is -2.72. The largest absolute Gasteiger partial charge is 0.481 e. The Morgan fingerprint density at radius 3 is 2.18 bits per heavy atom. The third-order valence-electron chi connectivity index (χ3n) is 14.1. The standard InChI is InChI=1S/C33H53NO4/c1-19(2)21-11-16-33(28(36)37)18-17-31(7)22(26(21)33)9-10-24-30(6)14-13-25(38-27(35)20(3)34)29(4,5)23(30)12-15-32(24,31)8/h20-26H,1,9-18,34H2,2-8H3,(H,36,37)/t20-,21-,22+,23-,24+,25-,26+,30-,31+,32+,33-/m0/s1. The predicted molar refractivity (Wildman–Crippen MR) is 150 cm³/mol. The Morgan fingerprint density at radius 2 is 1.58 bits per heavy atom. The summed E-state index contributed by atoms with van der Waals surface area (Å²) < 4.78 is 6.02. The Bertz CT molecular complexity index is 1020. The predicted octanol–water partition coefficient (Wildman–Crippen LogP) is 6.99. The molecule has 0 saturated heterocycles. The minimum atomic E-state index is -0.591. The van der Waals surface area contributed by atoms with E-state index in [1.54, 1.807) is 6.92 Å². The quantitative estimate of drug-likeness (QED) is 0.304. The van der Waals surface area contributed by atoms with Crippen LogP contribution in [0.4, 0.5) is 0 Å². The average molecular weight is 528 g/mol. The van der Waals surface area contributed by atoms with Gasteiger partial charge in [-0.05, 0) is 124 Å². The van der Waals surface area contributed by atoms with Gasteiger partial charge >= 0.3 is 11.9 Å². The first-order valence-corrected chi connectivity index (χ1v) is 15.4. The molecule has 38 heavy (non-hydrogen) atoms. The molecule has 0 aromatic heterocycles. The zero-order valence-corrected chi connectivity index (χ0v) is 25.1. The second kappa shape index (κ2) is 8.82. The number of rotatable bonds is 4. The maximum Gasteiger partial charge on any atom is 0.322 e. The number of hydrogen-bond acceptors (Lipinski definition) is 4. The number of hydrogen-bond donors (Lipinski definition) is 2. The molecule has 214 valence electrons. The van der Waals surface area contributed by atoms with Crippen molar-refractivity contribution < 1.29 is 19.4 Å². The number of carbonyl (C=O) groups excluding carboxylic acids is 1. The van der Waals surface area contributed by atoms with E-state index in [4.69, 9.17) is 10.5 Å². The van der Waals surface area contributed by atoms with Gasteiger partial charge in [0.25, 0.3) is 0 Å². The molecule has 0 heterocycles. The number of fused-ring (bicyclic) bond motifs is 7. The van der Waals surface area contributed by atoms with Gasteiger partial charge in [0.1, 0.15) is 12.1 Å². The average Bonchev–Trinajstić information content (AvgIpc) is 3.22. The smallest absolute Gasteiger partial charge is 0.322 e. The van der Waals surface area contributed by atoms with Gasteiger partial charge in [0.05, 0.1) is 5.41 Å². The summed E-state index contributed by atoms with van der Waals surface area (Å²) in [5.74, 6) is 1.23. The van der Waals surface area contributed by atoms with Gasteiger partial charge in [0, 0.05) is 5.41 Å². The SMILES string of the molecule is C=C(C)[C@@H]1CC[C@]2(C(=O)O)CC[C@]3(C)[C@H](CC[C@@H]4[C@@]5(C)CC[C@H](OC(=O)[C@H](C)N)C(C)(C)[C@@H]5CC[C@]43C)[C@@H]12. The Morgan fingerprint density at radius 1 is 0.895 bits per heavy atom. The van der Waals surface area contributed by atoms with Crippen LogP contribution in [0.2, 0.25) is 0 Å². The highest BCUT2D eigenvalue weighted by molar-refractivity contribution is 5.76. The fourth-order valence-electron chi connectivity index (χ4n) is 11.9. The molecule has 5 rings (SSSR count). The molecule has 0 amide bonds. The minimum absolute atomic E-state index is 0.0870. The first-order chi connectivity index (χ1) is 17.6. The summed E-state index contributed by atoms with van der Waals surface area (Å²) in [6.07, 6.45) is 10.1. The highest BCUT2D eigenvalue weighted by Gasteiger charge is 2.72. The van der Waals surface area contributed by atoms with Crippen LogP contribution >= 0.6 is 0 Å². The van der Waals surface area contributed by atoms with E-state index in [0.717, 1.165) is 51.4 Å². The van der Waals surface area contributed by atoms with Crippen LogP contribution in [0.3, 0.4) is 0 Å². The molecule has 0 radical (unpaired) electrons.